The fourth-order valence-corrected chi connectivity index (χ4v) is 2.45. The molecule has 0 aliphatic carbocycles. The van der Waals surface area contributed by atoms with Gasteiger partial charge in [0.05, 0.1) is 11.1 Å². The molecule has 0 saturated carbocycles. The largest absolute Gasteiger partial charge is 0.417 e. The summed E-state index contributed by atoms with van der Waals surface area (Å²) in [7, 11) is 0. The summed E-state index contributed by atoms with van der Waals surface area (Å²) in [6.07, 6.45) is -9.73. The Morgan fingerprint density at radius 2 is 1.09 bits per heavy atom. The van der Waals surface area contributed by atoms with Gasteiger partial charge in [-0.15, -0.1) is 0 Å². The lowest BCUT2D eigenvalue weighted by molar-refractivity contribution is -0.142. The lowest BCUT2D eigenvalue weighted by atomic mass is 9.91. The molecule has 0 radical (unpaired) electrons. The van der Waals surface area contributed by atoms with E-state index in [4.69, 9.17) is 0 Å². The number of benzene rings is 2. The Morgan fingerprint density at radius 1 is 0.682 bits per heavy atom. The van der Waals surface area contributed by atoms with Crippen LogP contribution < -0.4 is 0 Å². The molecule has 0 spiro atoms. The summed E-state index contributed by atoms with van der Waals surface area (Å²) in [6, 6.07) is 6.45. The van der Waals surface area contributed by atoms with Crippen molar-refractivity contribution in [2.45, 2.75) is 26.2 Å². The van der Waals surface area contributed by atoms with E-state index >= 15 is 0 Å². The first kappa shape index (κ1) is 16.4. The highest BCUT2D eigenvalue weighted by molar-refractivity contribution is 5.73. The fourth-order valence-electron chi connectivity index (χ4n) is 2.45. The topological polar surface area (TPSA) is 0 Å². The zero-order chi connectivity index (χ0) is 16.7. The minimum absolute atomic E-state index is 0.0854. The molecule has 0 heterocycles. The SMILES string of the molecule is Cc1cc(C)cc(-c2c(C(F)(F)F)cccc2C(F)(F)F)c1. The van der Waals surface area contributed by atoms with Gasteiger partial charge < -0.3 is 0 Å². The molecular formula is C16H12F6. The van der Waals surface area contributed by atoms with Crippen molar-refractivity contribution in [3.8, 4) is 11.1 Å². The normalized spacial score (nSPS) is 12.5. The van der Waals surface area contributed by atoms with Gasteiger partial charge in [0.2, 0.25) is 0 Å². The number of halogens is 6. The highest BCUT2D eigenvalue weighted by Gasteiger charge is 2.40. The maximum absolute atomic E-state index is 13.1. The Kier molecular flexibility index (Phi) is 3.98. The maximum Gasteiger partial charge on any atom is 0.417 e. The van der Waals surface area contributed by atoms with E-state index in [-0.39, 0.29) is 5.56 Å². The Balaban J connectivity index is 2.86. The first-order chi connectivity index (χ1) is 10.00. The molecule has 22 heavy (non-hydrogen) atoms. The summed E-state index contributed by atoms with van der Waals surface area (Å²) in [6.45, 7) is 3.25. The molecule has 2 rings (SSSR count). The van der Waals surface area contributed by atoms with E-state index < -0.39 is 29.0 Å². The van der Waals surface area contributed by atoms with Crippen molar-refractivity contribution in [3.63, 3.8) is 0 Å². The van der Waals surface area contributed by atoms with Crippen LogP contribution in [-0.4, -0.2) is 0 Å². The van der Waals surface area contributed by atoms with Crippen LogP contribution in [0, 0.1) is 13.8 Å². The molecule has 0 atom stereocenters. The van der Waals surface area contributed by atoms with Gasteiger partial charge >= 0.3 is 12.4 Å². The quantitative estimate of drug-likeness (QED) is 0.565. The van der Waals surface area contributed by atoms with Crippen LogP contribution in [0.25, 0.3) is 11.1 Å². The second kappa shape index (κ2) is 5.34. The molecular weight excluding hydrogens is 306 g/mol. The van der Waals surface area contributed by atoms with Gasteiger partial charge in [0.1, 0.15) is 0 Å². The van der Waals surface area contributed by atoms with Gasteiger partial charge in [-0.2, -0.15) is 26.3 Å². The van der Waals surface area contributed by atoms with Crippen LogP contribution in [0.1, 0.15) is 22.3 Å². The van der Waals surface area contributed by atoms with Crippen LogP contribution in [0.15, 0.2) is 36.4 Å². The van der Waals surface area contributed by atoms with E-state index in [1.54, 1.807) is 19.9 Å². The molecule has 2 aromatic rings. The minimum atomic E-state index is -4.87. The van der Waals surface area contributed by atoms with Gasteiger partial charge in [0, 0.05) is 5.56 Å². The van der Waals surface area contributed by atoms with E-state index in [1.807, 2.05) is 0 Å². The molecule has 0 amide bonds. The Hall–Kier alpha value is -1.98. The molecule has 0 N–H and O–H groups in total. The molecule has 0 fully saturated rings. The predicted octanol–water partition coefficient (Wildman–Crippen LogP) is 6.01. The third-order valence-electron chi connectivity index (χ3n) is 3.19. The summed E-state index contributed by atoms with van der Waals surface area (Å²) in [5.41, 5.74) is -2.29. The molecule has 118 valence electrons. The average Bonchev–Trinajstić information content (AvgIpc) is 2.34. The molecule has 0 aliphatic rings. The second-order valence-electron chi connectivity index (χ2n) is 5.10. The van der Waals surface area contributed by atoms with E-state index in [0.717, 1.165) is 6.07 Å². The van der Waals surface area contributed by atoms with Crippen molar-refractivity contribution in [2.24, 2.45) is 0 Å². The van der Waals surface area contributed by atoms with Crippen LogP contribution in [0.2, 0.25) is 0 Å². The summed E-state index contributed by atoms with van der Waals surface area (Å²) < 4.78 is 78.8. The zero-order valence-electron chi connectivity index (χ0n) is 11.7. The number of hydrogen-bond acceptors (Lipinski definition) is 0. The Bertz CT molecular complexity index is 642. The van der Waals surface area contributed by atoms with Crippen molar-refractivity contribution in [1.82, 2.24) is 0 Å². The number of hydrogen-bond donors (Lipinski definition) is 0. The Labute approximate surface area is 123 Å². The average molecular weight is 318 g/mol. The standard InChI is InChI=1S/C16H12F6/c1-9-6-10(2)8-11(7-9)14-12(15(17,18)19)4-3-5-13(14)16(20,21)22/h3-8H,1-2H3. The smallest absolute Gasteiger partial charge is 0.166 e. The van der Waals surface area contributed by atoms with Gasteiger partial charge in [-0.3, -0.25) is 0 Å². The summed E-state index contributed by atoms with van der Waals surface area (Å²) in [5, 5.41) is 0. The molecule has 6 heteroatoms. The van der Waals surface area contributed by atoms with Gasteiger partial charge in [-0.1, -0.05) is 35.4 Å². The molecule has 0 nitrogen and oxygen atoms in total. The van der Waals surface area contributed by atoms with Crippen molar-refractivity contribution in [2.75, 3.05) is 0 Å². The second-order valence-corrected chi connectivity index (χ2v) is 5.10. The minimum Gasteiger partial charge on any atom is -0.166 e. The van der Waals surface area contributed by atoms with Crippen molar-refractivity contribution in [3.05, 3.63) is 58.7 Å². The van der Waals surface area contributed by atoms with Gasteiger partial charge in [0.25, 0.3) is 0 Å². The molecule has 0 aromatic heterocycles. The monoisotopic (exact) mass is 318 g/mol. The number of rotatable bonds is 1. The van der Waals surface area contributed by atoms with Crippen LogP contribution in [0.4, 0.5) is 26.3 Å². The first-order valence-electron chi connectivity index (χ1n) is 6.36. The zero-order valence-corrected chi connectivity index (χ0v) is 11.7. The fraction of sp³-hybridized carbons (Fsp3) is 0.250. The van der Waals surface area contributed by atoms with E-state index in [2.05, 4.69) is 0 Å². The highest BCUT2D eigenvalue weighted by Crippen LogP contribution is 2.44. The van der Waals surface area contributed by atoms with E-state index in [1.165, 1.54) is 12.1 Å². The summed E-state index contributed by atoms with van der Waals surface area (Å²) in [5.74, 6) is 0. The molecule has 2 aromatic carbocycles. The van der Waals surface area contributed by atoms with Gasteiger partial charge in [0.15, 0.2) is 0 Å². The molecule has 0 bridgehead atoms. The number of aryl methyl sites for hydroxylation is 2. The Morgan fingerprint density at radius 3 is 1.45 bits per heavy atom. The van der Waals surface area contributed by atoms with Crippen LogP contribution >= 0.6 is 0 Å². The third-order valence-corrected chi connectivity index (χ3v) is 3.19. The van der Waals surface area contributed by atoms with Crippen molar-refractivity contribution >= 4 is 0 Å². The van der Waals surface area contributed by atoms with Gasteiger partial charge in [-0.25, -0.2) is 0 Å². The van der Waals surface area contributed by atoms with Crippen molar-refractivity contribution in [1.29, 1.82) is 0 Å². The lowest BCUT2D eigenvalue weighted by Crippen LogP contribution is -2.14. The third kappa shape index (κ3) is 3.26. The van der Waals surface area contributed by atoms with Crippen molar-refractivity contribution < 1.29 is 26.3 Å². The maximum atomic E-state index is 13.1. The lowest BCUT2D eigenvalue weighted by Gasteiger charge is -2.19. The van der Waals surface area contributed by atoms with Gasteiger partial charge in [-0.05, 0) is 31.5 Å². The predicted molar refractivity (Wildman–Crippen MR) is 71.4 cm³/mol. The van der Waals surface area contributed by atoms with E-state index in [0.29, 0.717) is 23.3 Å². The highest BCUT2D eigenvalue weighted by atomic mass is 19.4. The van der Waals surface area contributed by atoms with Crippen LogP contribution in [0.5, 0.6) is 0 Å². The number of alkyl halides is 6. The van der Waals surface area contributed by atoms with E-state index in [9.17, 15) is 26.3 Å². The molecule has 0 saturated heterocycles. The van der Waals surface area contributed by atoms with Crippen LogP contribution in [-0.2, 0) is 12.4 Å². The van der Waals surface area contributed by atoms with Crippen LogP contribution in [0.3, 0.4) is 0 Å². The summed E-state index contributed by atoms with van der Waals surface area (Å²) in [4.78, 5) is 0. The molecule has 0 unspecified atom stereocenters. The molecule has 0 aliphatic heterocycles. The summed E-state index contributed by atoms with van der Waals surface area (Å²) >= 11 is 0. The first-order valence-corrected chi connectivity index (χ1v) is 6.36.